The van der Waals surface area contributed by atoms with Gasteiger partial charge in [-0.2, -0.15) is 18.3 Å². The molecule has 3 aromatic rings. The van der Waals surface area contributed by atoms with Gasteiger partial charge in [0.15, 0.2) is 0 Å². The first-order valence-electron chi connectivity index (χ1n) is 9.76. The molecule has 31 heavy (non-hydrogen) atoms. The van der Waals surface area contributed by atoms with Crippen LogP contribution in [0, 0.1) is 0 Å². The van der Waals surface area contributed by atoms with Crippen LogP contribution in [-0.2, 0) is 10.9 Å². The first-order chi connectivity index (χ1) is 14.4. The zero-order chi connectivity index (χ0) is 22.6. The fourth-order valence-corrected chi connectivity index (χ4v) is 4.08. The van der Waals surface area contributed by atoms with E-state index >= 15 is 0 Å². The summed E-state index contributed by atoms with van der Waals surface area (Å²) in [7, 11) is 0. The van der Waals surface area contributed by atoms with Crippen LogP contribution in [0.25, 0.3) is 22.2 Å². The predicted molar refractivity (Wildman–Crippen MR) is 115 cm³/mol. The monoisotopic (exact) mass is 495 g/mol. The lowest BCUT2D eigenvalue weighted by atomic mass is 10.1. The molecule has 0 spiro atoms. The average molecular weight is 496 g/mol. The molecule has 1 amide bonds. The molecular formula is C22H21BrF3N3O2. The highest BCUT2D eigenvalue weighted by Gasteiger charge is 2.37. The molecule has 0 unspecified atom stereocenters. The first kappa shape index (κ1) is 21.7. The number of benzene rings is 2. The molecule has 1 aliphatic rings. The van der Waals surface area contributed by atoms with Gasteiger partial charge in [-0.1, -0.05) is 24.3 Å². The third-order valence-electron chi connectivity index (χ3n) is 5.02. The SMILES string of the molecule is CC(C)(C)OC(=O)N1CC(n2nc(-c3ccc(C(F)(F)F)cc3)c3cccc(Br)c32)C1. The minimum atomic E-state index is -4.39. The average Bonchev–Trinajstić information content (AvgIpc) is 2.99. The van der Waals surface area contributed by atoms with Gasteiger partial charge < -0.3 is 9.64 Å². The number of amides is 1. The summed E-state index contributed by atoms with van der Waals surface area (Å²) in [6, 6.07) is 10.6. The molecule has 164 valence electrons. The molecule has 1 saturated heterocycles. The Morgan fingerprint density at radius 2 is 1.74 bits per heavy atom. The number of carbonyl (C=O) groups is 1. The minimum Gasteiger partial charge on any atom is -0.444 e. The lowest BCUT2D eigenvalue weighted by Gasteiger charge is -2.40. The number of hydrogen-bond acceptors (Lipinski definition) is 3. The number of halogens is 4. The Morgan fingerprint density at radius 1 is 1.10 bits per heavy atom. The summed E-state index contributed by atoms with van der Waals surface area (Å²) in [6.07, 6.45) is -4.76. The number of para-hydroxylation sites is 1. The van der Waals surface area contributed by atoms with Gasteiger partial charge in [0.1, 0.15) is 11.3 Å². The number of carbonyl (C=O) groups excluding carboxylic acids is 1. The summed E-state index contributed by atoms with van der Waals surface area (Å²) < 4.78 is 46.9. The van der Waals surface area contributed by atoms with Gasteiger partial charge in [0.25, 0.3) is 0 Å². The largest absolute Gasteiger partial charge is 0.444 e. The Kier molecular flexibility index (Phi) is 5.28. The Morgan fingerprint density at radius 3 is 2.32 bits per heavy atom. The van der Waals surface area contributed by atoms with Crippen molar-refractivity contribution in [3.05, 3.63) is 52.5 Å². The molecule has 0 N–H and O–H groups in total. The van der Waals surface area contributed by atoms with Gasteiger partial charge in [0.05, 0.1) is 17.1 Å². The summed E-state index contributed by atoms with van der Waals surface area (Å²) in [5.74, 6) is 0. The van der Waals surface area contributed by atoms with Gasteiger partial charge in [-0.05, 0) is 54.9 Å². The van der Waals surface area contributed by atoms with Crippen LogP contribution in [0.15, 0.2) is 46.9 Å². The van der Waals surface area contributed by atoms with Gasteiger partial charge in [-0.15, -0.1) is 0 Å². The number of alkyl halides is 3. The standard InChI is InChI=1S/C22H21BrF3N3O2/c1-21(2,3)31-20(30)28-11-15(12-28)29-19-16(5-4-6-17(19)23)18(27-29)13-7-9-14(10-8-13)22(24,25)26/h4-10,15H,11-12H2,1-3H3. The molecule has 4 rings (SSSR count). The van der Waals surface area contributed by atoms with E-state index in [1.165, 1.54) is 12.1 Å². The third-order valence-corrected chi connectivity index (χ3v) is 5.66. The summed E-state index contributed by atoms with van der Waals surface area (Å²) in [6.45, 7) is 6.34. The quantitative estimate of drug-likeness (QED) is 0.420. The smallest absolute Gasteiger partial charge is 0.416 e. The van der Waals surface area contributed by atoms with Gasteiger partial charge >= 0.3 is 12.3 Å². The molecule has 1 aliphatic heterocycles. The van der Waals surface area contributed by atoms with Crippen molar-refractivity contribution in [1.29, 1.82) is 0 Å². The van der Waals surface area contributed by atoms with E-state index in [4.69, 9.17) is 9.84 Å². The van der Waals surface area contributed by atoms with E-state index in [2.05, 4.69) is 15.9 Å². The zero-order valence-electron chi connectivity index (χ0n) is 17.2. The van der Waals surface area contributed by atoms with Gasteiger partial charge in [-0.25, -0.2) is 4.79 Å². The Balaban J connectivity index is 1.65. The Bertz CT molecular complexity index is 1130. The van der Waals surface area contributed by atoms with Gasteiger partial charge in [-0.3, -0.25) is 4.68 Å². The topological polar surface area (TPSA) is 47.4 Å². The second-order valence-corrected chi connectivity index (χ2v) is 9.40. The first-order valence-corrected chi connectivity index (χ1v) is 10.6. The third kappa shape index (κ3) is 4.28. The van der Waals surface area contributed by atoms with Gasteiger partial charge in [0, 0.05) is 28.5 Å². The fraction of sp³-hybridized carbons (Fsp3) is 0.364. The molecule has 0 aliphatic carbocycles. The van der Waals surface area contributed by atoms with E-state index in [0.29, 0.717) is 24.3 Å². The second kappa shape index (κ2) is 7.55. The van der Waals surface area contributed by atoms with E-state index in [1.54, 1.807) is 4.90 Å². The lowest BCUT2D eigenvalue weighted by Crippen LogP contribution is -2.52. The highest BCUT2D eigenvalue weighted by molar-refractivity contribution is 9.10. The zero-order valence-corrected chi connectivity index (χ0v) is 18.8. The highest BCUT2D eigenvalue weighted by atomic mass is 79.9. The van der Waals surface area contributed by atoms with E-state index in [9.17, 15) is 18.0 Å². The maximum atomic E-state index is 12.9. The van der Waals surface area contributed by atoms with Crippen LogP contribution in [-0.4, -0.2) is 39.5 Å². The number of hydrogen-bond donors (Lipinski definition) is 0. The molecule has 2 aromatic carbocycles. The van der Waals surface area contributed by atoms with Crippen LogP contribution in [0.2, 0.25) is 0 Å². The second-order valence-electron chi connectivity index (χ2n) is 8.54. The Hall–Kier alpha value is -2.55. The normalized spacial score (nSPS) is 15.3. The van der Waals surface area contributed by atoms with E-state index in [1.807, 2.05) is 43.7 Å². The molecule has 0 saturated carbocycles. The summed E-state index contributed by atoms with van der Waals surface area (Å²) in [4.78, 5) is 13.9. The molecule has 5 nitrogen and oxygen atoms in total. The fourth-order valence-electron chi connectivity index (χ4n) is 3.53. The summed E-state index contributed by atoms with van der Waals surface area (Å²) in [5.41, 5.74) is 0.762. The van der Waals surface area contributed by atoms with E-state index < -0.39 is 17.3 Å². The van der Waals surface area contributed by atoms with Crippen LogP contribution in [0.1, 0.15) is 32.4 Å². The maximum Gasteiger partial charge on any atom is 0.416 e. The van der Waals surface area contributed by atoms with Crippen molar-refractivity contribution in [3.63, 3.8) is 0 Å². The number of rotatable bonds is 2. The van der Waals surface area contributed by atoms with Gasteiger partial charge in [0.2, 0.25) is 0 Å². The molecule has 1 fully saturated rings. The van der Waals surface area contributed by atoms with Crippen LogP contribution < -0.4 is 0 Å². The lowest BCUT2D eigenvalue weighted by molar-refractivity contribution is -0.137. The van der Waals surface area contributed by atoms with E-state index in [0.717, 1.165) is 27.5 Å². The van der Waals surface area contributed by atoms with E-state index in [-0.39, 0.29) is 12.1 Å². The summed E-state index contributed by atoms with van der Waals surface area (Å²) in [5, 5.41) is 5.55. The van der Waals surface area contributed by atoms with Crippen molar-refractivity contribution in [2.45, 2.75) is 38.6 Å². The number of likely N-dealkylation sites (tertiary alicyclic amines) is 1. The highest BCUT2D eigenvalue weighted by Crippen LogP contribution is 2.37. The molecule has 0 atom stereocenters. The van der Waals surface area contributed by atoms with Crippen LogP contribution in [0.3, 0.4) is 0 Å². The van der Waals surface area contributed by atoms with Crippen molar-refractivity contribution < 1.29 is 22.7 Å². The molecule has 9 heteroatoms. The van der Waals surface area contributed by atoms with Crippen LogP contribution >= 0.6 is 15.9 Å². The predicted octanol–water partition coefficient (Wildman–Crippen LogP) is 6.28. The minimum absolute atomic E-state index is 0.0584. The number of aromatic nitrogens is 2. The van der Waals surface area contributed by atoms with Crippen molar-refractivity contribution in [1.82, 2.24) is 14.7 Å². The molecule has 0 bridgehead atoms. The number of ether oxygens (including phenoxy) is 1. The molecule has 2 heterocycles. The van der Waals surface area contributed by atoms with Crippen molar-refractivity contribution in [2.75, 3.05) is 13.1 Å². The molecular weight excluding hydrogens is 475 g/mol. The number of fused-ring (bicyclic) bond motifs is 1. The van der Waals surface area contributed by atoms with Crippen molar-refractivity contribution in [2.24, 2.45) is 0 Å². The molecule has 1 aromatic heterocycles. The summed E-state index contributed by atoms with van der Waals surface area (Å²) >= 11 is 3.56. The van der Waals surface area contributed by atoms with Crippen molar-refractivity contribution >= 4 is 32.9 Å². The Labute approximate surface area is 185 Å². The van der Waals surface area contributed by atoms with Crippen LogP contribution in [0.5, 0.6) is 0 Å². The molecule has 0 radical (unpaired) electrons. The number of nitrogens with zero attached hydrogens (tertiary/aromatic N) is 3. The maximum absolute atomic E-state index is 12.9. The van der Waals surface area contributed by atoms with Crippen molar-refractivity contribution in [3.8, 4) is 11.3 Å². The van der Waals surface area contributed by atoms with Crippen LogP contribution in [0.4, 0.5) is 18.0 Å².